The SMILES string of the molecule is COc1cc(C)c(Br)cc1C(N)c1ccc(C)o1. The molecule has 0 saturated carbocycles. The van der Waals surface area contributed by atoms with Crippen LogP contribution in [-0.4, -0.2) is 7.11 Å². The van der Waals surface area contributed by atoms with Gasteiger partial charge in [0.25, 0.3) is 0 Å². The minimum atomic E-state index is -0.328. The molecule has 0 spiro atoms. The van der Waals surface area contributed by atoms with Crippen molar-refractivity contribution in [1.29, 1.82) is 0 Å². The summed E-state index contributed by atoms with van der Waals surface area (Å²) in [7, 11) is 1.65. The molecule has 18 heavy (non-hydrogen) atoms. The van der Waals surface area contributed by atoms with Crippen LogP contribution in [0.5, 0.6) is 5.75 Å². The van der Waals surface area contributed by atoms with E-state index in [0.29, 0.717) is 0 Å². The van der Waals surface area contributed by atoms with E-state index in [1.807, 2.05) is 38.1 Å². The van der Waals surface area contributed by atoms with E-state index in [2.05, 4.69) is 15.9 Å². The topological polar surface area (TPSA) is 48.4 Å². The average Bonchev–Trinajstić information content (AvgIpc) is 2.78. The highest BCUT2D eigenvalue weighted by atomic mass is 79.9. The number of aryl methyl sites for hydroxylation is 2. The van der Waals surface area contributed by atoms with Crippen LogP contribution < -0.4 is 10.5 Å². The van der Waals surface area contributed by atoms with Gasteiger partial charge in [-0.3, -0.25) is 0 Å². The first-order chi connectivity index (χ1) is 8.52. The van der Waals surface area contributed by atoms with Crippen LogP contribution in [0.2, 0.25) is 0 Å². The summed E-state index contributed by atoms with van der Waals surface area (Å²) < 4.78 is 12.0. The fraction of sp³-hybridized carbons (Fsp3) is 0.286. The Kier molecular flexibility index (Phi) is 3.78. The minimum absolute atomic E-state index is 0.328. The van der Waals surface area contributed by atoms with Gasteiger partial charge in [0, 0.05) is 10.0 Å². The van der Waals surface area contributed by atoms with Gasteiger partial charge in [-0.2, -0.15) is 0 Å². The highest BCUT2D eigenvalue weighted by Crippen LogP contribution is 2.33. The first-order valence-corrected chi connectivity index (χ1v) is 6.48. The lowest BCUT2D eigenvalue weighted by Gasteiger charge is -2.15. The smallest absolute Gasteiger partial charge is 0.125 e. The molecule has 0 aliphatic heterocycles. The lowest BCUT2D eigenvalue weighted by atomic mass is 10.0. The molecular formula is C14H16BrNO2. The Morgan fingerprint density at radius 3 is 2.56 bits per heavy atom. The van der Waals surface area contributed by atoms with Crippen molar-refractivity contribution in [2.45, 2.75) is 19.9 Å². The van der Waals surface area contributed by atoms with E-state index in [4.69, 9.17) is 14.9 Å². The van der Waals surface area contributed by atoms with Crippen molar-refractivity contribution < 1.29 is 9.15 Å². The summed E-state index contributed by atoms with van der Waals surface area (Å²) in [5, 5.41) is 0. The van der Waals surface area contributed by atoms with E-state index in [1.165, 1.54) is 0 Å². The standard InChI is InChI=1S/C14H16BrNO2/c1-8-6-13(17-3)10(7-11(8)15)14(16)12-5-4-9(2)18-12/h4-7,14H,16H2,1-3H3. The van der Waals surface area contributed by atoms with Crippen LogP contribution in [0.3, 0.4) is 0 Å². The lowest BCUT2D eigenvalue weighted by molar-refractivity contribution is 0.401. The molecule has 1 aromatic heterocycles. The molecule has 1 heterocycles. The third-order valence-electron chi connectivity index (χ3n) is 2.91. The molecule has 0 amide bonds. The van der Waals surface area contributed by atoms with Crippen molar-refractivity contribution in [3.63, 3.8) is 0 Å². The summed E-state index contributed by atoms with van der Waals surface area (Å²) >= 11 is 3.51. The molecule has 3 nitrogen and oxygen atoms in total. The zero-order valence-corrected chi connectivity index (χ0v) is 12.2. The number of rotatable bonds is 3. The van der Waals surface area contributed by atoms with Gasteiger partial charge in [-0.05, 0) is 43.7 Å². The van der Waals surface area contributed by atoms with Gasteiger partial charge < -0.3 is 14.9 Å². The number of hydrogen-bond donors (Lipinski definition) is 1. The molecule has 1 unspecified atom stereocenters. The van der Waals surface area contributed by atoms with Crippen LogP contribution >= 0.6 is 15.9 Å². The number of methoxy groups -OCH3 is 1. The fourth-order valence-corrected chi connectivity index (χ4v) is 2.23. The molecule has 2 aromatic rings. The molecular weight excluding hydrogens is 294 g/mol. The Hall–Kier alpha value is -1.26. The zero-order chi connectivity index (χ0) is 13.3. The maximum Gasteiger partial charge on any atom is 0.125 e. The summed E-state index contributed by atoms with van der Waals surface area (Å²) in [6.45, 7) is 3.91. The van der Waals surface area contributed by atoms with E-state index >= 15 is 0 Å². The van der Waals surface area contributed by atoms with E-state index in [9.17, 15) is 0 Å². The number of nitrogens with two attached hydrogens (primary N) is 1. The van der Waals surface area contributed by atoms with Crippen LogP contribution in [0, 0.1) is 13.8 Å². The van der Waals surface area contributed by atoms with Gasteiger partial charge in [-0.1, -0.05) is 15.9 Å². The molecule has 0 fully saturated rings. The molecule has 4 heteroatoms. The minimum Gasteiger partial charge on any atom is -0.496 e. The van der Waals surface area contributed by atoms with Crippen LogP contribution in [0.15, 0.2) is 33.2 Å². The highest BCUT2D eigenvalue weighted by Gasteiger charge is 2.18. The third-order valence-corrected chi connectivity index (χ3v) is 3.77. The average molecular weight is 310 g/mol. The predicted molar refractivity (Wildman–Crippen MR) is 74.9 cm³/mol. The normalized spacial score (nSPS) is 12.5. The molecule has 1 atom stereocenters. The largest absolute Gasteiger partial charge is 0.496 e. The van der Waals surface area contributed by atoms with Gasteiger partial charge in [0.05, 0.1) is 13.2 Å². The van der Waals surface area contributed by atoms with Gasteiger partial charge >= 0.3 is 0 Å². The Bertz CT molecular complexity index is 563. The van der Waals surface area contributed by atoms with Crippen molar-refractivity contribution in [2.24, 2.45) is 5.73 Å². The van der Waals surface area contributed by atoms with E-state index in [-0.39, 0.29) is 6.04 Å². The quantitative estimate of drug-likeness (QED) is 0.940. The maximum absolute atomic E-state index is 6.23. The summed E-state index contributed by atoms with van der Waals surface area (Å²) in [6.07, 6.45) is 0. The molecule has 0 saturated heterocycles. The van der Waals surface area contributed by atoms with Crippen LogP contribution in [0.25, 0.3) is 0 Å². The Labute approximate surface area is 115 Å². The number of ether oxygens (including phenoxy) is 1. The Morgan fingerprint density at radius 2 is 2.00 bits per heavy atom. The number of hydrogen-bond acceptors (Lipinski definition) is 3. The molecule has 0 radical (unpaired) electrons. The molecule has 2 N–H and O–H groups in total. The van der Waals surface area contributed by atoms with Crippen LogP contribution in [0.1, 0.15) is 28.7 Å². The summed E-state index contributed by atoms with van der Waals surface area (Å²) in [4.78, 5) is 0. The molecule has 0 aliphatic carbocycles. The summed E-state index contributed by atoms with van der Waals surface area (Å²) in [5.41, 5.74) is 8.25. The van der Waals surface area contributed by atoms with Crippen molar-refractivity contribution in [2.75, 3.05) is 7.11 Å². The first kappa shape index (κ1) is 13.2. The van der Waals surface area contributed by atoms with E-state index in [1.54, 1.807) is 7.11 Å². The molecule has 0 bridgehead atoms. The van der Waals surface area contributed by atoms with E-state index < -0.39 is 0 Å². The van der Waals surface area contributed by atoms with Gasteiger partial charge in [0.2, 0.25) is 0 Å². The highest BCUT2D eigenvalue weighted by molar-refractivity contribution is 9.10. The third kappa shape index (κ3) is 2.44. The van der Waals surface area contributed by atoms with Gasteiger partial charge in [0.1, 0.15) is 17.3 Å². The zero-order valence-electron chi connectivity index (χ0n) is 10.7. The van der Waals surface area contributed by atoms with Gasteiger partial charge in [0.15, 0.2) is 0 Å². The monoisotopic (exact) mass is 309 g/mol. The van der Waals surface area contributed by atoms with Crippen molar-refractivity contribution in [3.05, 3.63) is 51.4 Å². The van der Waals surface area contributed by atoms with Crippen molar-refractivity contribution >= 4 is 15.9 Å². The lowest BCUT2D eigenvalue weighted by Crippen LogP contribution is -2.12. The Morgan fingerprint density at radius 1 is 1.28 bits per heavy atom. The predicted octanol–water partition coefficient (Wildman–Crippen LogP) is 3.72. The second-order valence-corrected chi connectivity index (χ2v) is 5.12. The second-order valence-electron chi connectivity index (χ2n) is 4.27. The van der Waals surface area contributed by atoms with Crippen LogP contribution in [0.4, 0.5) is 0 Å². The molecule has 0 aliphatic rings. The van der Waals surface area contributed by atoms with Crippen molar-refractivity contribution in [1.82, 2.24) is 0 Å². The molecule has 2 rings (SSSR count). The molecule has 1 aromatic carbocycles. The number of furan rings is 1. The van der Waals surface area contributed by atoms with Crippen LogP contribution in [-0.2, 0) is 0 Å². The summed E-state index contributed by atoms with van der Waals surface area (Å²) in [6, 6.07) is 7.43. The van der Waals surface area contributed by atoms with Crippen molar-refractivity contribution in [3.8, 4) is 5.75 Å². The number of benzene rings is 1. The first-order valence-electron chi connectivity index (χ1n) is 5.69. The summed E-state index contributed by atoms with van der Waals surface area (Å²) in [5.74, 6) is 2.37. The fourth-order valence-electron chi connectivity index (χ4n) is 1.86. The maximum atomic E-state index is 6.23. The number of halogens is 1. The Balaban J connectivity index is 2.46. The van der Waals surface area contributed by atoms with Gasteiger partial charge in [-0.25, -0.2) is 0 Å². The molecule has 96 valence electrons. The second kappa shape index (κ2) is 5.16. The van der Waals surface area contributed by atoms with Gasteiger partial charge in [-0.15, -0.1) is 0 Å². The van der Waals surface area contributed by atoms with E-state index in [0.717, 1.165) is 32.9 Å².